The maximum Gasteiger partial charge on any atom is 0.275 e. The summed E-state index contributed by atoms with van der Waals surface area (Å²) in [4.78, 5) is 20.1. The minimum absolute atomic E-state index is 0.0432. The van der Waals surface area contributed by atoms with Gasteiger partial charge in [-0.1, -0.05) is 36.4 Å². The molecule has 8 heteroatoms. The third-order valence-corrected chi connectivity index (χ3v) is 4.75. The summed E-state index contributed by atoms with van der Waals surface area (Å²) in [6.45, 7) is 0. The fourth-order valence-corrected chi connectivity index (χ4v) is 3.08. The highest BCUT2D eigenvalue weighted by Crippen LogP contribution is 2.24. The number of rotatable bonds is 3. The summed E-state index contributed by atoms with van der Waals surface area (Å²) < 4.78 is 23.5. The number of nitrogens with one attached hydrogen (secondary N) is 1. The number of halogens is 1. The van der Waals surface area contributed by atoms with Crippen LogP contribution in [-0.4, -0.2) is 30.5 Å². The zero-order valence-electron chi connectivity index (χ0n) is 12.5. The zero-order chi connectivity index (χ0) is 17.3. The Hall–Kier alpha value is -2.32. The highest BCUT2D eigenvalue weighted by molar-refractivity contribution is 9.10. The number of benzene rings is 2. The molecule has 0 aliphatic rings. The van der Waals surface area contributed by atoms with Gasteiger partial charge in [0.05, 0.1) is 4.47 Å². The van der Waals surface area contributed by atoms with Crippen molar-refractivity contribution in [2.24, 2.45) is 0 Å². The molecule has 0 aliphatic carbocycles. The van der Waals surface area contributed by atoms with E-state index in [9.17, 15) is 13.2 Å². The van der Waals surface area contributed by atoms with Crippen LogP contribution in [0.4, 0.5) is 5.69 Å². The molecular weight excluding hydrogens is 394 g/mol. The van der Waals surface area contributed by atoms with Gasteiger partial charge in [-0.3, -0.25) is 4.79 Å². The number of carbonyl (C=O) groups is 1. The number of anilines is 1. The number of nitrogens with zero attached hydrogens (tertiary/aromatic N) is 2. The molecule has 0 saturated heterocycles. The first-order valence-electron chi connectivity index (χ1n) is 6.88. The van der Waals surface area contributed by atoms with Gasteiger partial charge in [-0.15, -0.1) is 0 Å². The molecular formula is C16H12BrN3O3S. The predicted octanol–water partition coefficient (Wildman–Crippen LogP) is 3.05. The Morgan fingerprint density at radius 3 is 2.58 bits per heavy atom. The monoisotopic (exact) mass is 405 g/mol. The second kappa shape index (κ2) is 6.29. The predicted molar refractivity (Wildman–Crippen MR) is 94.7 cm³/mol. The van der Waals surface area contributed by atoms with E-state index in [1.165, 1.54) is 6.20 Å². The molecule has 0 radical (unpaired) electrons. The molecule has 1 amide bonds. The molecule has 0 bridgehead atoms. The largest absolute Gasteiger partial charge is 0.320 e. The van der Waals surface area contributed by atoms with E-state index in [0.29, 0.717) is 10.2 Å². The lowest BCUT2D eigenvalue weighted by atomic mass is 10.1. The van der Waals surface area contributed by atoms with Crippen LogP contribution in [0.25, 0.3) is 10.8 Å². The molecule has 0 saturated carbocycles. The Morgan fingerprint density at radius 2 is 1.83 bits per heavy atom. The van der Waals surface area contributed by atoms with Crippen LogP contribution in [-0.2, 0) is 9.84 Å². The number of hydrogen-bond donors (Lipinski definition) is 1. The number of carbonyl (C=O) groups excluding carboxylic acids is 1. The van der Waals surface area contributed by atoms with Gasteiger partial charge in [0.15, 0.2) is 0 Å². The first-order chi connectivity index (χ1) is 11.4. The molecule has 1 heterocycles. The van der Waals surface area contributed by atoms with E-state index in [1.807, 2.05) is 36.4 Å². The van der Waals surface area contributed by atoms with E-state index in [4.69, 9.17) is 0 Å². The number of hydrogen-bond acceptors (Lipinski definition) is 5. The van der Waals surface area contributed by atoms with Crippen molar-refractivity contribution in [2.45, 2.75) is 5.16 Å². The van der Waals surface area contributed by atoms with Gasteiger partial charge < -0.3 is 5.32 Å². The van der Waals surface area contributed by atoms with Crippen LogP contribution in [0.1, 0.15) is 10.5 Å². The van der Waals surface area contributed by atoms with Crippen LogP contribution in [0, 0.1) is 0 Å². The summed E-state index contributed by atoms with van der Waals surface area (Å²) in [6, 6.07) is 13.2. The average molecular weight is 406 g/mol. The van der Waals surface area contributed by atoms with Crippen LogP contribution >= 0.6 is 15.9 Å². The molecule has 0 atom stereocenters. The van der Waals surface area contributed by atoms with Crippen molar-refractivity contribution in [3.05, 3.63) is 58.8 Å². The van der Waals surface area contributed by atoms with Gasteiger partial charge in [0, 0.05) is 23.5 Å². The smallest absolute Gasteiger partial charge is 0.275 e. The van der Waals surface area contributed by atoms with E-state index < -0.39 is 20.9 Å². The molecule has 2 aromatic carbocycles. The fourth-order valence-electron chi connectivity index (χ4n) is 2.20. The lowest BCUT2D eigenvalue weighted by molar-refractivity contribution is 0.102. The van der Waals surface area contributed by atoms with Gasteiger partial charge in [0.2, 0.25) is 15.0 Å². The van der Waals surface area contributed by atoms with E-state index >= 15 is 0 Å². The van der Waals surface area contributed by atoms with Crippen molar-refractivity contribution in [2.75, 3.05) is 11.6 Å². The molecule has 122 valence electrons. The maximum absolute atomic E-state index is 12.5. The zero-order valence-corrected chi connectivity index (χ0v) is 14.9. The van der Waals surface area contributed by atoms with Gasteiger partial charge in [-0.05, 0) is 27.4 Å². The van der Waals surface area contributed by atoms with Gasteiger partial charge in [0.1, 0.15) is 5.69 Å². The standard InChI is InChI=1S/C16H12BrN3O3S/c1-24(22,23)16-18-9-12(17)14(20-16)15(21)19-13-8-4-6-10-5-2-3-7-11(10)13/h2-9H,1H3,(H,19,21). The van der Waals surface area contributed by atoms with E-state index in [1.54, 1.807) is 6.07 Å². The summed E-state index contributed by atoms with van der Waals surface area (Å²) in [5.41, 5.74) is 0.572. The van der Waals surface area contributed by atoms with Crippen molar-refractivity contribution in [1.82, 2.24) is 9.97 Å². The summed E-state index contributed by atoms with van der Waals surface area (Å²) in [7, 11) is -3.61. The Labute approximate surface area is 147 Å². The van der Waals surface area contributed by atoms with E-state index in [2.05, 4.69) is 31.2 Å². The molecule has 24 heavy (non-hydrogen) atoms. The Morgan fingerprint density at radius 1 is 1.12 bits per heavy atom. The molecule has 3 rings (SSSR count). The first-order valence-corrected chi connectivity index (χ1v) is 9.56. The molecule has 3 aromatic rings. The van der Waals surface area contributed by atoms with Gasteiger partial charge in [-0.2, -0.15) is 0 Å². The summed E-state index contributed by atoms with van der Waals surface area (Å²) in [6.07, 6.45) is 2.24. The van der Waals surface area contributed by atoms with Crippen molar-refractivity contribution < 1.29 is 13.2 Å². The third kappa shape index (κ3) is 3.29. The topological polar surface area (TPSA) is 89.0 Å². The van der Waals surface area contributed by atoms with E-state index in [0.717, 1.165) is 17.0 Å². The molecule has 0 fully saturated rings. The second-order valence-corrected chi connectivity index (χ2v) is 7.87. The first kappa shape index (κ1) is 16.5. The third-order valence-electron chi connectivity index (χ3n) is 3.31. The van der Waals surface area contributed by atoms with Gasteiger partial charge >= 0.3 is 0 Å². The van der Waals surface area contributed by atoms with Crippen LogP contribution in [0.2, 0.25) is 0 Å². The molecule has 6 nitrogen and oxygen atoms in total. The summed E-state index contributed by atoms with van der Waals surface area (Å²) >= 11 is 3.18. The summed E-state index contributed by atoms with van der Waals surface area (Å²) in [5.74, 6) is -0.523. The summed E-state index contributed by atoms with van der Waals surface area (Å²) in [5, 5.41) is 4.23. The molecule has 1 N–H and O–H groups in total. The van der Waals surface area contributed by atoms with Crippen LogP contribution in [0.5, 0.6) is 0 Å². The Balaban J connectivity index is 2.01. The minimum Gasteiger partial charge on any atom is -0.320 e. The highest BCUT2D eigenvalue weighted by atomic mass is 79.9. The van der Waals surface area contributed by atoms with Crippen LogP contribution in [0.3, 0.4) is 0 Å². The van der Waals surface area contributed by atoms with E-state index in [-0.39, 0.29) is 5.69 Å². The minimum atomic E-state index is -3.61. The van der Waals surface area contributed by atoms with Gasteiger partial charge in [0.25, 0.3) is 5.91 Å². The molecule has 1 aromatic heterocycles. The van der Waals surface area contributed by atoms with Crippen molar-refractivity contribution in [1.29, 1.82) is 0 Å². The Kier molecular flexibility index (Phi) is 4.33. The highest BCUT2D eigenvalue weighted by Gasteiger charge is 2.19. The molecule has 0 aliphatic heterocycles. The van der Waals surface area contributed by atoms with Crippen LogP contribution < -0.4 is 5.32 Å². The normalized spacial score (nSPS) is 11.4. The number of aromatic nitrogens is 2. The van der Waals surface area contributed by atoms with Crippen LogP contribution in [0.15, 0.2) is 58.3 Å². The van der Waals surface area contributed by atoms with Crippen molar-refractivity contribution >= 4 is 48.1 Å². The Bertz CT molecular complexity index is 1050. The quantitative estimate of drug-likeness (QED) is 0.676. The average Bonchev–Trinajstić information content (AvgIpc) is 2.54. The van der Waals surface area contributed by atoms with Crippen molar-refractivity contribution in [3.8, 4) is 0 Å². The lowest BCUT2D eigenvalue weighted by Crippen LogP contribution is -2.17. The second-order valence-electron chi connectivity index (χ2n) is 5.10. The molecule has 0 unspecified atom stereocenters. The van der Waals surface area contributed by atoms with Crippen molar-refractivity contribution in [3.63, 3.8) is 0 Å². The maximum atomic E-state index is 12.5. The van der Waals surface area contributed by atoms with Gasteiger partial charge in [-0.25, -0.2) is 18.4 Å². The number of sulfone groups is 1. The lowest BCUT2D eigenvalue weighted by Gasteiger charge is -2.09. The molecule has 0 spiro atoms. The fraction of sp³-hybridized carbons (Fsp3) is 0.0625. The SMILES string of the molecule is CS(=O)(=O)c1ncc(Br)c(C(=O)Nc2cccc3ccccc23)n1. The number of amides is 1. The number of fused-ring (bicyclic) bond motifs is 1.